The van der Waals surface area contributed by atoms with E-state index in [1.165, 1.54) is 0 Å². The Labute approximate surface area is 178 Å². The van der Waals surface area contributed by atoms with Gasteiger partial charge in [-0.2, -0.15) is 5.26 Å². The van der Waals surface area contributed by atoms with Crippen LogP contribution in [0.1, 0.15) is 24.0 Å². The van der Waals surface area contributed by atoms with Crippen LogP contribution in [0.3, 0.4) is 0 Å². The number of methoxy groups -OCH3 is 1. The van der Waals surface area contributed by atoms with Gasteiger partial charge in [-0.25, -0.2) is 0 Å². The molecule has 2 aromatic carbocycles. The Morgan fingerprint density at radius 3 is 2.37 bits per heavy atom. The van der Waals surface area contributed by atoms with Gasteiger partial charge in [0.15, 0.2) is 5.92 Å². The standard InChI is InChI=1S/C24H28N2O4/c1-3-30-24(27)23(17-25)22(19-6-10-21(28-2)11-7-19)16-18-4-8-20(9-5-18)26-12-14-29-15-13-26/h4-11,22-23H,3,12-16H2,1-2H3. The Bertz CT molecular complexity index is 852. The summed E-state index contributed by atoms with van der Waals surface area (Å²) >= 11 is 0. The fraction of sp³-hybridized carbons (Fsp3) is 0.417. The van der Waals surface area contributed by atoms with E-state index in [0.717, 1.165) is 48.9 Å². The summed E-state index contributed by atoms with van der Waals surface area (Å²) in [7, 11) is 1.61. The molecule has 2 aromatic rings. The molecule has 2 unspecified atom stereocenters. The lowest BCUT2D eigenvalue weighted by molar-refractivity contribution is -0.146. The number of ether oxygens (including phenoxy) is 3. The minimum atomic E-state index is -0.878. The summed E-state index contributed by atoms with van der Waals surface area (Å²) in [5.41, 5.74) is 3.13. The van der Waals surface area contributed by atoms with Gasteiger partial charge >= 0.3 is 5.97 Å². The average molecular weight is 408 g/mol. The molecule has 0 aromatic heterocycles. The van der Waals surface area contributed by atoms with Crippen LogP contribution in [0.5, 0.6) is 5.75 Å². The van der Waals surface area contributed by atoms with Crippen molar-refractivity contribution in [2.75, 3.05) is 44.9 Å². The van der Waals surface area contributed by atoms with Gasteiger partial charge in [0.25, 0.3) is 0 Å². The van der Waals surface area contributed by atoms with Crippen LogP contribution >= 0.6 is 0 Å². The monoisotopic (exact) mass is 408 g/mol. The zero-order chi connectivity index (χ0) is 21.3. The molecule has 0 radical (unpaired) electrons. The molecule has 3 rings (SSSR count). The van der Waals surface area contributed by atoms with E-state index in [-0.39, 0.29) is 12.5 Å². The molecule has 6 nitrogen and oxygen atoms in total. The van der Waals surface area contributed by atoms with E-state index in [1.54, 1.807) is 14.0 Å². The van der Waals surface area contributed by atoms with Gasteiger partial charge in [-0.3, -0.25) is 4.79 Å². The average Bonchev–Trinajstić information content (AvgIpc) is 2.80. The number of hydrogen-bond donors (Lipinski definition) is 0. The summed E-state index contributed by atoms with van der Waals surface area (Å²) in [6, 6.07) is 18.0. The van der Waals surface area contributed by atoms with Gasteiger partial charge in [0.2, 0.25) is 0 Å². The normalized spacial score (nSPS) is 15.7. The second-order valence-corrected chi connectivity index (χ2v) is 7.21. The van der Waals surface area contributed by atoms with Crippen molar-refractivity contribution < 1.29 is 19.0 Å². The quantitative estimate of drug-likeness (QED) is 0.622. The van der Waals surface area contributed by atoms with Crippen molar-refractivity contribution in [2.45, 2.75) is 19.3 Å². The van der Waals surface area contributed by atoms with E-state index in [0.29, 0.717) is 6.42 Å². The van der Waals surface area contributed by atoms with E-state index in [2.05, 4.69) is 35.2 Å². The smallest absolute Gasteiger partial charge is 0.323 e. The molecule has 1 saturated heterocycles. The van der Waals surface area contributed by atoms with E-state index in [1.807, 2.05) is 24.3 Å². The van der Waals surface area contributed by atoms with Gasteiger partial charge in [-0.15, -0.1) is 0 Å². The van der Waals surface area contributed by atoms with Gasteiger partial charge in [0.1, 0.15) is 5.75 Å². The number of benzene rings is 2. The number of hydrogen-bond acceptors (Lipinski definition) is 6. The topological polar surface area (TPSA) is 71.8 Å². The number of anilines is 1. The van der Waals surface area contributed by atoms with Crippen LogP contribution in [-0.2, 0) is 20.7 Å². The highest BCUT2D eigenvalue weighted by Gasteiger charge is 2.31. The molecule has 1 aliphatic heterocycles. The highest BCUT2D eigenvalue weighted by Crippen LogP contribution is 2.31. The molecular weight excluding hydrogens is 380 g/mol. The number of nitriles is 1. The van der Waals surface area contributed by atoms with Crippen LogP contribution < -0.4 is 9.64 Å². The van der Waals surface area contributed by atoms with Crippen molar-refractivity contribution in [3.63, 3.8) is 0 Å². The Kier molecular flexibility index (Phi) is 7.69. The largest absolute Gasteiger partial charge is 0.497 e. The maximum Gasteiger partial charge on any atom is 0.323 e. The van der Waals surface area contributed by atoms with E-state index in [4.69, 9.17) is 14.2 Å². The molecule has 30 heavy (non-hydrogen) atoms. The molecule has 158 valence electrons. The summed E-state index contributed by atoms with van der Waals surface area (Å²) in [6.45, 7) is 5.25. The molecule has 0 saturated carbocycles. The summed E-state index contributed by atoms with van der Waals surface area (Å²) in [4.78, 5) is 14.8. The molecule has 1 fully saturated rings. The highest BCUT2D eigenvalue weighted by molar-refractivity contribution is 5.76. The molecule has 0 amide bonds. The molecule has 0 N–H and O–H groups in total. The van der Waals surface area contributed by atoms with Crippen LogP contribution in [0.2, 0.25) is 0 Å². The molecule has 1 aliphatic rings. The van der Waals surface area contributed by atoms with E-state index >= 15 is 0 Å². The maximum atomic E-state index is 12.5. The van der Waals surface area contributed by atoms with Crippen molar-refractivity contribution in [1.29, 1.82) is 5.26 Å². The SMILES string of the molecule is CCOC(=O)C(C#N)C(Cc1ccc(N2CCOCC2)cc1)c1ccc(OC)cc1. The maximum absolute atomic E-state index is 12.5. The molecule has 1 heterocycles. The summed E-state index contributed by atoms with van der Waals surface area (Å²) in [6.07, 6.45) is 0.562. The third kappa shape index (κ3) is 5.31. The Balaban J connectivity index is 1.83. The second kappa shape index (κ2) is 10.7. The summed E-state index contributed by atoms with van der Waals surface area (Å²) < 4.78 is 15.8. The molecule has 2 atom stereocenters. The van der Waals surface area contributed by atoms with Crippen LogP contribution in [0.25, 0.3) is 0 Å². The zero-order valence-corrected chi connectivity index (χ0v) is 17.5. The minimum Gasteiger partial charge on any atom is -0.497 e. The van der Waals surface area contributed by atoms with E-state index in [9.17, 15) is 10.1 Å². The van der Waals surface area contributed by atoms with Gasteiger partial charge < -0.3 is 19.1 Å². The van der Waals surface area contributed by atoms with E-state index < -0.39 is 11.9 Å². The van der Waals surface area contributed by atoms with Crippen LogP contribution in [-0.4, -0.2) is 46.0 Å². The molecule has 0 aliphatic carbocycles. The molecule has 0 spiro atoms. The van der Waals surface area contributed by atoms with Crippen molar-refractivity contribution >= 4 is 11.7 Å². The van der Waals surface area contributed by atoms with Gasteiger partial charge in [-0.05, 0) is 48.7 Å². The molecular formula is C24H28N2O4. The predicted octanol–water partition coefficient (Wildman–Crippen LogP) is 3.56. The first-order valence-electron chi connectivity index (χ1n) is 10.3. The molecule has 0 bridgehead atoms. The highest BCUT2D eigenvalue weighted by atomic mass is 16.5. The lowest BCUT2D eigenvalue weighted by Crippen LogP contribution is -2.36. The lowest BCUT2D eigenvalue weighted by atomic mass is 9.82. The van der Waals surface area contributed by atoms with Crippen molar-refractivity contribution in [3.05, 3.63) is 59.7 Å². The molecule has 6 heteroatoms. The third-order valence-electron chi connectivity index (χ3n) is 5.39. The number of rotatable bonds is 8. The van der Waals surface area contributed by atoms with Crippen molar-refractivity contribution in [2.24, 2.45) is 5.92 Å². The van der Waals surface area contributed by atoms with Crippen LogP contribution in [0.4, 0.5) is 5.69 Å². The number of esters is 1. The number of morpholine rings is 1. The first-order chi connectivity index (χ1) is 14.7. The zero-order valence-electron chi connectivity index (χ0n) is 17.5. The third-order valence-corrected chi connectivity index (χ3v) is 5.39. The predicted molar refractivity (Wildman–Crippen MR) is 115 cm³/mol. The lowest BCUT2D eigenvalue weighted by Gasteiger charge is -2.29. The Morgan fingerprint density at radius 2 is 1.80 bits per heavy atom. The van der Waals surface area contributed by atoms with Crippen LogP contribution in [0.15, 0.2) is 48.5 Å². The summed E-state index contributed by atoms with van der Waals surface area (Å²) in [5.74, 6) is -0.936. The van der Waals surface area contributed by atoms with Crippen LogP contribution in [0, 0.1) is 17.2 Å². The second-order valence-electron chi connectivity index (χ2n) is 7.21. The van der Waals surface area contributed by atoms with Crippen molar-refractivity contribution in [3.8, 4) is 11.8 Å². The van der Waals surface area contributed by atoms with Gasteiger partial charge in [0, 0.05) is 24.7 Å². The Hall–Kier alpha value is -3.04. The first-order valence-corrected chi connectivity index (χ1v) is 10.3. The number of nitrogens with zero attached hydrogens (tertiary/aromatic N) is 2. The Morgan fingerprint density at radius 1 is 1.13 bits per heavy atom. The fourth-order valence-electron chi connectivity index (χ4n) is 3.74. The number of carbonyl (C=O) groups is 1. The van der Waals surface area contributed by atoms with Gasteiger partial charge in [-0.1, -0.05) is 24.3 Å². The summed E-state index contributed by atoms with van der Waals surface area (Å²) in [5, 5.41) is 9.75. The first kappa shape index (κ1) is 21.7. The minimum absolute atomic E-state index is 0.251. The number of carbonyl (C=O) groups excluding carboxylic acids is 1. The fourth-order valence-corrected chi connectivity index (χ4v) is 3.74. The van der Waals surface area contributed by atoms with Crippen molar-refractivity contribution in [1.82, 2.24) is 0 Å². The van der Waals surface area contributed by atoms with Gasteiger partial charge in [0.05, 0.1) is 33.0 Å².